The Morgan fingerprint density at radius 2 is 2.07 bits per heavy atom. The van der Waals surface area contributed by atoms with Crippen molar-refractivity contribution in [2.75, 3.05) is 0 Å². The molecule has 0 fully saturated rings. The topological polar surface area (TPSA) is 29.1 Å². The number of halogens is 2. The van der Waals surface area contributed by atoms with Crippen LogP contribution < -0.4 is 5.32 Å². The molecule has 15 heavy (non-hydrogen) atoms. The lowest BCUT2D eigenvalue weighted by atomic mass is 10.1. The highest BCUT2D eigenvalue weighted by atomic mass is 79.9. The second-order valence-electron chi connectivity index (χ2n) is 3.71. The number of nitrogens with one attached hydrogen (secondary N) is 1. The number of amides is 1. The second-order valence-corrected chi connectivity index (χ2v) is 4.56. The molecule has 2 nitrogen and oxygen atoms in total. The van der Waals surface area contributed by atoms with E-state index in [4.69, 9.17) is 0 Å². The van der Waals surface area contributed by atoms with Crippen molar-refractivity contribution in [1.29, 1.82) is 0 Å². The third-order valence-electron chi connectivity index (χ3n) is 1.93. The van der Waals surface area contributed by atoms with E-state index in [1.165, 1.54) is 12.1 Å². The van der Waals surface area contributed by atoms with Gasteiger partial charge in [-0.2, -0.15) is 0 Å². The van der Waals surface area contributed by atoms with Gasteiger partial charge in [0.1, 0.15) is 5.82 Å². The number of hydrogen-bond donors (Lipinski definition) is 1. The number of hydrogen-bond acceptors (Lipinski definition) is 1. The van der Waals surface area contributed by atoms with Gasteiger partial charge in [-0.05, 0) is 54.4 Å². The molecule has 1 rings (SSSR count). The number of rotatable bonds is 2. The molecular formula is C11H13BrFNO. The van der Waals surface area contributed by atoms with Gasteiger partial charge in [0.25, 0.3) is 5.91 Å². The smallest absolute Gasteiger partial charge is 0.251 e. The Morgan fingerprint density at radius 3 is 2.60 bits per heavy atom. The molecule has 0 aliphatic carbocycles. The fourth-order valence-corrected chi connectivity index (χ4v) is 1.57. The van der Waals surface area contributed by atoms with Crippen LogP contribution in [-0.2, 0) is 0 Å². The van der Waals surface area contributed by atoms with Gasteiger partial charge in [-0.3, -0.25) is 4.79 Å². The van der Waals surface area contributed by atoms with E-state index in [2.05, 4.69) is 21.2 Å². The lowest BCUT2D eigenvalue weighted by Crippen LogP contribution is -2.30. The summed E-state index contributed by atoms with van der Waals surface area (Å²) in [7, 11) is 0. The Bertz CT molecular complexity index is 390. The average molecular weight is 274 g/mol. The Hall–Kier alpha value is -0.900. The molecule has 82 valence electrons. The first-order chi connectivity index (χ1) is 6.91. The fourth-order valence-electron chi connectivity index (χ4n) is 1.23. The first-order valence-corrected chi connectivity index (χ1v) is 5.47. The molecule has 0 saturated carbocycles. The quantitative estimate of drug-likeness (QED) is 0.882. The molecule has 0 unspecified atom stereocenters. The van der Waals surface area contributed by atoms with Crippen molar-refractivity contribution in [3.63, 3.8) is 0 Å². The zero-order valence-corrected chi connectivity index (χ0v) is 10.5. The summed E-state index contributed by atoms with van der Waals surface area (Å²) in [5.41, 5.74) is 1.13. The zero-order valence-electron chi connectivity index (χ0n) is 8.90. The largest absolute Gasteiger partial charge is 0.350 e. The molecule has 4 heteroatoms. The van der Waals surface area contributed by atoms with Crippen LogP contribution in [0.3, 0.4) is 0 Å². The highest BCUT2D eigenvalue weighted by Gasteiger charge is 2.12. The zero-order chi connectivity index (χ0) is 11.6. The summed E-state index contributed by atoms with van der Waals surface area (Å²) in [6, 6.07) is 2.92. The summed E-state index contributed by atoms with van der Waals surface area (Å²) in [6.45, 7) is 5.47. The van der Waals surface area contributed by atoms with E-state index in [9.17, 15) is 9.18 Å². The van der Waals surface area contributed by atoms with E-state index in [1.807, 2.05) is 13.8 Å². The predicted octanol–water partition coefficient (Wildman–Crippen LogP) is 3.03. The Balaban J connectivity index is 3.04. The predicted molar refractivity (Wildman–Crippen MR) is 61.4 cm³/mol. The van der Waals surface area contributed by atoms with Crippen molar-refractivity contribution < 1.29 is 9.18 Å². The SMILES string of the molecule is Cc1cc(F)c(Br)cc1C(=O)NC(C)C. The van der Waals surface area contributed by atoms with Gasteiger partial charge < -0.3 is 5.32 Å². The van der Waals surface area contributed by atoms with Gasteiger partial charge in [0.05, 0.1) is 4.47 Å². The highest BCUT2D eigenvalue weighted by Crippen LogP contribution is 2.20. The summed E-state index contributed by atoms with van der Waals surface area (Å²) in [5, 5.41) is 2.76. The van der Waals surface area contributed by atoms with Crippen molar-refractivity contribution >= 4 is 21.8 Å². The molecule has 0 aromatic heterocycles. The van der Waals surface area contributed by atoms with Gasteiger partial charge in [0, 0.05) is 11.6 Å². The van der Waals surface area contributed by atoms with Gasteiger partial charge in [-0.15, -0.1) is 0 Å². The van der Waals surface area contributed by atoms with Crippen LogP contribution in [0.25, 0.3) is 0 Å². The van der Waals surface area contributed by atoms with Crippen LogP contribution in [0.4, 0.5) is 4.39 Å². The normalized spacial score (nSPS) is 10.5. The molecule has 1 aromatic carbocycles. The van der Waals surface area contributed by atoms with Gasteiger partial charge in [0.15, 0.2) is 0 Å². The van der Waals surface area contributed by atoms with Crippen LogP contribution in [0, 0.1) is 12.7 Å². The minimum absolute atomic E-state index is 0.0701. The van der Waals surface area contributed by atoms with Crippen LogP contribution in [-0.4, -0.2) is 11.9 Å². The molecule has 0 saturated heterocycles. The molecule has 0 heterocycles. The molecule has 0 aliphatic heterocycles. The number of benzene rings is 1. The average Bonchev–Trinajstić information content (AvgIpc) is 2.09. The summed E-state index contributed by atoms with van der Waals surface area (Å²) in [5.74, 6) is -0.531. The number of carbonyl (C=O) groups is 1. The van der Waals surface area contributed by atoms with Crippen molar-refractivity contribution in [1.82, 2.24) is 5.32 Å². The van der Waals surface area contributed by atoms with E-state index < -0.39 is 0 Å². The Morgan fingerprint density at radius 1 is 1.47 bits per heavy atom. The molecular weight excluding hydrogens is 261 g/mol. The highest BCUT2D eigenvalue weighted by molar-refractivity contribution is 9.10. The molecule has 0 aliphatic rings. The lowest BCUT2D eigenvalue weighted by molar-refractivity contribution is 0.0942. The molecule has 0 bridgehead atoms. The maximum Gasteiger partial charge on any atom is 0.251 e. The number of carbonyl (C=O) groups excluding carboxylic acids is 1. The van der Waals surface area contributed by atoms with E-state index >= 15 is 0 Å². The second kappa shape index (κ2) is 4.75. The first-order valence-electron chi connectivity index (χ1n) is 4.68. The summed E-state index contributed by atoms with van der Waals surface area (Å²) >= 11 is 3.06. The van der Waals surface area contributed by atoms with Crippen LogP contribution >= 0.6 is 15.9 Å². The van der Waals surface area contributed by atoms with Crippen molar-refractivity contribution in [3.8, 4) is 0 Å². The minimum Gasteiger partial charge on any atom is -0.350 e. The fraction of sp³-hybridized carbons (Fsp3) is 0.364. The van der Waals surface area contributed by atoms with E-state index in [-0.39, 0.29) is 17.8 Å². The number of aryl methyl sites for hydroxylation is 1. The Labute approximate surface area is 97.0 Å². The standard InChI is InChI=1S/C11H13BrFNO/c1-6(2)14-11(15)8-5-9(12)10(13)4-7(8)3/h4-6H,1-3H3,(H,14,15). The molecule has 0 atom stereocenters. The van der Waals surface area contributed by atoms with Gasteiger partial charge in [-0.1, -0.05) is 0 Å². The van der Waals surface area contributed by atoms with Crippen molar-refractivity contribution in [2.24, 2.45) is 0 Å². The third kappa shape index (κ3) is 3.02. The van der Waals surface area contributed by atoms with Crippen LogP contribution in [0.15, 0.2) is 16.6 Å². The Kier molecular flexibility index (Phi) is 3.85. The molecule has 0 spiro atoms. The van der Waals surface area contributed by atoms with Gasteiger partial charge >= 0.3 is 0 Å². The summed E-state index contributed by atoms with van der Waals surface area (Å²) in [6.07, 6.45) is 0. The van der Waals surface area contributed by atoms with E-state index in [1.54, 1.807) is 6.92 Å². The van der Waals surface area contributed by atoms with E-state index in [0.717, 1.165) is 0 Å². The lowest BCUT2D eigenvalue weighted by Gasteiger charge is -2.11. The van der Waals surface area contributed by atoms with Gasteiger partial charge in [-0.25, -0.2) is 4.39 Å². The molecule has 1 aromatic rings. The summed E-state index contributed by atoms with van der Waals surface area (Å²) in [4.78, 5) is 11.7. The van der Waals surface area contributed by atoms with Crippen LogP contribution in [0.2, 0.25) is 0 Å². The molecule has 1 N–H and O–H groups in total. The summed E-state index contributed by atoms with van der Waals surface area (Å²) < 4.78 is 13.4. The maximum absolute atomic E-state index is 13.1. The van der Waals surface area contributed by atoms with Crippen LogP contribution in [0.5, 0.6) is 0 Å². The van der Waals surface area contributed by atoms with Crippen molar-refractivity contribution in [3.05, 3.63) is 33.5 Å². The van der Waals surface area contributed by atoms with Crippen molar-refractivity contribution in [2.45, 2.75) is 26.8 Å². The van der Waals surface area contributed by atoms with E-state index in [0.29, 0.717) is 15.6 Å². The maximum atomic E-state index is 13.1. The third-order valence-corrected chi connectivity index (χ3v) is 2.54. The monoisotopic (exact) mass is 273 g/mol. The van der Waals surface area contributed by atoms with Gasteiger partial charge in [0.2, 0.25) is 0 Å². The minimum atomic E-state index is -0.353. The molecule has 0 radical (unpaired) electrons. The molecule has 1 amide bonds. The first kappa shape index (κ1) is 12.2. The van der Waals surface area contributed by atoms with Crippen LogP contribution in [0.1, 0.15) is 29.8 Å².